The fourth-order valence-electron chi connectivity index (χ4n) is 2.65. The molecule has 21 heavy (non-hydrogen) atoms. The van der Waals surface area contributed by atoms with Gasteiger partial charge in [-0.15, -0.1) is 0 Å². The van der Waals surface area contributed by atoms with Gasteiger partial charge in [-0.2, -0.15) is 5.26 Å². The number of rotatable bonds is 6. The van der Waals surface area contributed by atoms with E-state index in [9.17, 15) is 9.50 Å². The van der Waals surface area contributed by atoms with Crippen molar-refractivity contribution in [3.8, 4) is 6.07 Å². The number of nitrogens with zero attached hydrogens (tertiary/aromatic N) is 2. The smallest absolute Gasteiger partial charge is 0.141 e. The van der Waals surface area contributed by atoms with Crippen LogP contribution >= 0.6 is 0 Å². The van der Waals surface area contributed by atoms with Crippen LogP contribution in [-0.2, 0) is 0 Å². The molecular weight excluding hydrogens is 269 g/mol. The minimum absolute atomic E-state index is 0.0556. The first-order chi connectivity index (χ1) is 10.1. The minimum atomic E-state index is -0.499. The Labute approximate surface area is 125 Å². The summed E-state index contributed by atoms with van der Waals surface area (Å²) in [6.45, 7) is 5.20. The monoisotopic (exact) mass is 291 g/mol. The average molecular weight is 291 g/mol. The number of β-amino-alcohol motifs (C(OH)–C–C–N with tert-alkyl or cyclic N) is 1. The fourth-order valence-corrected chi connectivity index (χ4v) is 2.65. The molecule has 0 saturated carbocycles. The highest BCUT2D eigenvalue weighted by Gasteiger charge is 2.16. The minimum Gasteiger partial charge on any atom is -0.390 e. The molecule has 2 unspecified atom stereocenters. The van der Waals surface area contributed by atoms with E-state index in [0.717, 1.165) is 18.7 Å². The number of nitriles is 1. The van der Waals surface area contributed by atoms with Gasteiger partial charge in [-0.25, -0.2) is 4.39 Å². The summed E-state index contributed by atoms with van der Waals surface area (Å²) in [4.78, 5) is 2.26. The lowest BCUT2D eigenvalue weighted by atomic mass is 10.1. The lowest BCUT2D eigenvalue weighted by molar-refractivity contribution is 0.121. The second-order valence-electron chi connectivity index (χ2n) is 5.64. The number of hydrogen-bond acceptors (Lipinski definition) is 4. The summed E-state index contributed by atoms with van der Waals surface area (Å²) in [6, 6.07) is 6.35. The zero-order valence-corrected chi connectivity index (χ0v) is 12.3. The lowest BCUT2D eigenvalue weighted by Gasteiger charge is -2.22. The Morgan fingerprint density at radius 3 is 2.76 bits per heavy atom. The van der Waals surface area contributed by atoms with Crippen LogP contribution in [0.5, 0.6) is 0 Å². The molecule has 0 amide bonds. The standard InChI is InChI=1S/C16H22FN3O/c1-12(13-4-5-14(9-18)16(17)8-13)19-10-15(21)11-20-6-2-3-7-20/h4-5,8,12,15,19,21H,2-3,6-7,10-11H2,1H3. The van der Waals surface area contributed by atoms with Crippen molar-refractivity contribution in [2.45, 2.75) is 31.9 Å². The van der Waals surface area contributed by atoms with Crippen LogP contribution in [0.15, 0.2) is 18.2 Å². The molecule has 0 spiro atoms. The summed E-state index contributed by atoms with van der Waals surface area (Å²) in [6.07, 6.45) is 2.00. The van der Waals surface area contributed by atoms with Gasteiger partial charge in [0.1, 0.15) is 11.9 Å². The Morgan fingerprint density at radius 2 is 2.14 bits per heavy atom. The highest BCUT2D eigenvalue weighted by Crippen LogP contribution is 2.16. The van der Waals surface area contributed by atoms with Gasteiger partial charge < -0.3 is 15.3 Å². The Morgan fingerprint density at radius 1 is 1.43 bits per heavy atom. The van der Waals surface area contributed by atoms with Crippen LogP contribution in [0.4, 0.5) is 4.39 Å². The van der Waals surface area contributed by atoms with Crippen molar-refractivity contribution < 1.29 is 9.50 Å². The first-order valence-electron chi connectivity index (χ1n) is 7.43. The van der Waals surface area contributed by atoms with Crippen LogP contribution in [0.25, 0.3) is 0 Å². The zero-order chi connectivity index (χ0) is 15.2. The Hall–Kier alpha value is -1.48. The van der Waals surface area contributed by atoms with Crippen molar-refractivity contribution in [3.63, 3.8) is 0 Å². The predicted molar refractivity (Wildman–Crippen MR) is 79.2 cm³/mol. The van der Waals surface area contributed by atoms with E-state index in [1.807, 2.05) is 13.0 Å². The quantitative estimate of drug-likeness (QED) is 0.839. The SMILES string of the molecule is CC(NCC(O)CN1CCCC1)c1ccc(C#N)c(F)c1. The highest BCUT2D eigenvalue weighted by atomic mass is 19.1. The number of aliphatic hydroxyl groups is 1. The maximum Gasteiger partial charge on any atom is 0.141 e. The van der Waals surface area contributed by atoms with Crippen LogP contribution in [0.2, 0.25) is 0 Å². The van der Waals surface area contributed by atoms with Gasteiger partial charge in [-0.05, 0) is 50.6 Å². The number of likely N-dealkylation sites (tertiary alicyclic amines) is 1. The molecule has 1 aromatic rings. The number of benzene rings is 1. The van der Waals surface area contributed by atoms with E-state index in [4.69, 9.17) is 5.26 Å². The van der Waals surface area contributed by atoms with E-state index in [-0.39, 0.29) is 11.6 Å². The summed E-state index contributed by atoms with van der Waals surface area (Å²) in [5.74, 6) is -0.499. The summed E-state index contributed by atoms with van der Waals surface area (Å²) >= 11 is 0. The molecule has 0 aromatic heterocycles. The molecule has 5 heteroatoms. The van der Waals surface area contributed by atoms with Gasteiger partial charge >= 0.3 is 0 Å². The molecule has 114 valence electrons. The Kier molecular flexibility index (Phi) is 5.68. The third kappa shape index (κ3) is 4.50. The maximum atomic E-state index is 13.6. The van der Waals surface area contributed by atoms with Crippen molar-refractivity contribution in [2.75, 3.05) is 26.2 Å². The molecule has 2 atom stereocenters. The number of nitrogens with one attached hydrogen (secondary N) is 1. The van der Waals surface area contributed by atoms with Crippen LogP contribution in [0, 0.1) is 17.1 Å². The third-order valence-corrected chi connectivity index (χ3v) is 3.94. The van der Waals surface area contributed by atoms with Crippen LogP contribution in [0.1, 0.15) is 36.9 Å². The lowest BCUT2D eigenvalue weighted by Crippen LogP contribution is -2.37. The molecular formula is C16H22FN3O. The second-order valence-corrected chi connectivity index (χ2v) is 5.64. The van der Waals surface area contributed by atoms with Gasteiger partial charge in [0.2, 0.25) is 0 Å². The molecule has 1 aliphatic rings. The van der Waals surface area contributed by atoms with Gasteiger partial charge in [0.05, 0.1) is 11.7 Å². The summed E-state index contributed by atoms with van der Waals surface area (Å²) in [5, 5.41) is 21.9. The van der Waals surface area contributed by atoms with E-state index >= 15 is 0 Å². The molecule has 1 fully saturated rings. The normalized spacial score (nSPS) is 18.4. The summed E-state index contributed by atoms with van der Waals surface area (Å²) in [7, 11) is 0. The molecule has 1 saturated heterocycles. The van der Waals surface area contributed by atoms with Gasteiger partial charge in [0.15, 0.2) is 0 Å². The van der Waals surface area contributed by atoms with E-state index in [0.29, 0.717) is 13.1 Å². The maximum absolute atomic E-state index is 13.6. The Bertz CT molecular complexity index is 509. The van der Waals surface area contributed by atoms with Crippen LogP contribution in [0.3, 0.4) is 0 Å². The third-order valence-electron chi connectivity index (χ3n) is 3.94. The molecule has 0 radical (unpaired) electrons. The van der Waals surface area contributed by atoms with E-state index in [1.165, 1.54) is 25.0 Å². The van der Waals surface area contributed by atoms with Crippen LogP contribution in [-0.4, -0.2) is 42.3 Å². The summed E-state index contributed by atoms with van der Waals surface area (Å²) < 4.78 is 13.6. The van der Waals surface area contributed by atoms with Crippen LogP contribution < -0.4 is 5.32 Å². The molecule has 0 aliphatic carbocycles. The molecule has 4 nitrogen and oxygen atoms in total. The predicted octanol–water partition coefficient (Wildman–Crippen LogP) is 1.80. The molecule has 0 bridgehead atoms. The molecule has 1 aliphatic heterocycles. The fraction of sp³-hybridized carbons (Fsp3) is 0.562. The Balaban J connectivity index is 1.82. The first kappa shape index (κ1) is 15.9. The van der Waals surface area contributed by atoms with Gasteiger partial charge in [0, 0.05) is 19.1 Å². The molecule has 2 N–H and O–H groups in total. The van der Waals surface area contributed by atoms with E-state index < -0.39 is 11.9 Å². The van der Waals surface area contributed by atoms with Crippen molar-refractivity contribution >= 4 is 0 Å². The second kappa shape index (κ2) is 7.51. The highest BCUT2D eigenvalue weighted by molar-refractivity contribution is 5.34. The van der Waals surface area contributed by atoms with E-state index in [1.54, 1.807) is 6.07 Å². The topological polar surface area (TPSA) is 59.3 Å². The summed E-state index contributed by atoms with van der Waals surface area (Å²) in [5.41, 5.74) is 0.833. The van der Waals surface area contributed by atoms with Crippen molar-refractivity contribution in [3.05, 3.63) is 35.1 Å². The number of aliphatic hydroxyl groups excluding tert-OH is 1. The van der Waals surface area contributed by atoms with Crippen molar-refractivity contribution in [1.82, 2.24) is 10.2 Å². The molecule has 1 heterocycles. The first-order valence-corrected chi connectivity index (χ1v) is 7.43. The average Bonchev–Trinajstić information content (AvgIpc) is 2.97. The van der Waals surface area contributed by atoms with E-state index in [2.05, 4.69) is 10.2 Å². The number of hydrogen-bond donors (Lipinski definition) is 2. The van der Waals surface area contributed by atoms with Gasteiger partial charge in [-0.1, -0.05) is 6.07 Å². The molecule has 1 aromatic carbocycles. The van der Waals surface area contributed by atoms with Gasteiger partial charge in [-0.3, -0.25) is 0 Å². The molecule has 2 rings (SSSR count). The van der Waals surface area contributed by atoms with Gasteiger partial charge in [0.25, 0.3) is 0 Å². The largest absolute Gasteiger partial charge is 0.390 e. The van der Waals surface area contributed by atoms with Crippen molar-refractivity contribution in [2.24, 2.45) is 0 Å². The zero-order valence-electron chi connectivity index (χ0n) is 12.3. The number of halogens is 1. The van der Waals surface area contributed by atoms with Crippen molar-refractivity contribution in [1.29, 1.82) is 5.26 Å².